The number of para-hydroxylation sites is 1. The van der Waals surface area contributed by atoms with Crippen molar-refractivity contribution >= 4 is 5.69 Å². The van der Waals surface area contributed by atoms with Gasteiger partial charge in [0.15, 0.2) is 0 Å². The lowest BCUT2D eigenvalue weighted by atomic mass is 9.96. The molecule has 0 radical (unpaired) electrons. The lowest BCUT2D eigenvalue weighted by Gasteiger charge is -2.21. The molecule has 0 saturated carbocycles. The van der Waals surface area contributed by atoms with E-state index in [1.54, 1.807) is 0 Å². The van der Waals surface area contributed by atoms with Gasteiger partial charge >= 0.3 is 0 Å². The van der Waals surface area contributed by atoms with Crippen molar-refractivity contribution in [2.24, 2.45) is 0 Å². The van der Waals surface area contributed by atoms with Crippen LogP contribution >= 0.6 is 0 Å². The van der Waals surface area contributed by atoms with Crippen LogP contribution in [0.4, 0.5) is 5.69 Å². The van der Waals surface area contributed by atoms with Crippen LogP contribution in [0.5, 0.6) is 0 Å². The van der Waals surface area contributed by atoms with Gasteiger partial charge in [-0.2, -0.15) is 0 Å². The lowest BCUT2D eigenvalue weighted by molar-refractivity contribution is 0.802. The average molecular weight is 276 g/mol. The van der Waals surface area contributed by atoms with Crippen molar-refractivity contribution in [2.75, 3.05) is 11.9 Å². The number of rotatable bonds is 2. The van der Waals surface area contributed by atoms with Crippen LogP contribution in [0.15, 0.2) is 54.7 Å². The van der Waals surface area contributed by atoms with Crippen LogP contribution in [0, 0.1) is 0 Å². The van der Waals surface area contributed by atoms with Crippen LogP contribution in [-0.2, 0) is 6.42 Å². The summed E-state index contributed by atoms with van der Waals surface area (Å²) >= 11 is 0. The van der Waals surface area contributed by atoms with Crippen LogP contribution in [0.3, 0.4) is 0 Å². The number of nitrogens with one attached hydrogen (secondary N) is 1. The van der Waals surface area contributed by atoms with Crippen LogP contribution < -0.4 is 5.32 Å². The van der Waals surface area contributed by atoms with E-state index < -0.39 is 0 Å². The van der Waals surface area contributed by atoms with E-state index in [0.717, 1.165) is 30.8 Å². The number of nitrogens with zero attached hydrogens (tertiary/aromatic N) is 3. The highest BCUT2D eigenvalue weighted by molar-refractivity contribution is 5.73. The Morgan fingerprint density at radius 2 is 1.90 bits per heavy atom. The molecular weight excluding hydrogens is 260 g/mol. The number of aromatic nitrogens is 3. The number of anilines is 1. The molecule has 0 atom stereocenters. The second-order valence-corrected chi connectivity index (χ2v) is 5.23. The second kappa shape index (κ2) is 5.05. The maximum atomic E-state index is 4.26. The molecule has 0 aliphatic carbocycles. The van der Waals surface area contributed by atoms with E-state index in [1.807, 2.05) is 41.2 Å². The molecule has 4 nitrogen and oxygen atoms in total. The number of hydrogen-bond acceptors (Lipinski definition) is 3. The summed E-state index contributed by atoms with van der Waals surface area (Å²) in [6, 6.07) is 16.5. The molecular formula is C17H16N4. The predicted octanol–water partition coefficient (Wildman–Crippen LogP) is 3.29. The molecule has 2 aromatic carbocycles. The summed E-state index contributed by atoms with van der Waals surface area (Å²) in [5.41, 5.74) is 5.89. The van der Waals surface area contributed by atoms with Gasteiger partial charge in [0.2, 0.25) is 0 Å². The van der Waals surface area contributed by atoms with Crippen LogP contribution in [0.2, 0.25) is 0 Å². The summed E-state index contributed by atoms with van der Waals surface area (Å²) < 4.78 is 1.91. The highest BCUT2D eigenvalue weighted by Crippen LogP contribution is 2.32. The Morgan fingerprint density at radius 1 is 1.00 bits per heavy atom. The molecule has 21 heavy (non-hydrogen) atoms. The van der Waals surface area contributed by atoms with Gasteiger partial charge in [0.25, 0.3) is 0 Å². The molecule has 0 amide bonds. The Bertz CT molecular complexity index is 761. The number of fused-ring (bicyclic) bond motifs is 1. The highest BCUT2D eigenvalue weighted by atomic mass is 15.4. The van der Waals surface area contributed by atoms with Crippen molar-refractivity contribution in [2.45, 2.75) is 12.8 Å². The average Bonchev–Trinajstić information content (AvgIpc) is 3.04. The Balaban J connectivity index is 1.88. The SMILES string of the molecule is c1ccc(-n2nncc2-c2cccc3c2CCCN3)cc1. The summed E-state index contributed by atoms with van der Waals surface area (Å²) in [5.74, 6) is 0. The van der Waals surface area contributed by atoms with Crippen molar-refractivity contribution < 1.29 is 0 Å². The molecule has 4 rings (SSSR count). The minimum absolute atomic E-state index is 1.03. The van der Waals surface area contributed by atoms with E-state index in [1.165, 1.54) is 16.8 Å². The van der Waals surface area contributed by atoms with Crippen molar-refractivity contribution in [3.8, 4) is 16.9 Å². The molecule has 1 aromatic heterocycles. The van der Waals surface area contributed by atoms with Gasteiger partial charge in [0, 0.05) is 17.8 Å². The maximum Gasteiger partial charge on any atom is 0.0947 e. The van der Waals surface area contributed by atoms with Gasteiger partial charge in [-0.1, -0.05) is 35.5 Å². The minimum atomic E-state index is 1.03. The van der Waals surface area contributed by atoms with Crippen LogP contribution in [0.1, 0.15) is 12.0 Å². The first-order chi connectivity index (χ1) is 10.4. The first-order valence-electron chi connectivity index (χ1n) is 7.26. The fourth-order valence-corrected chi connectivity index (χ4v) is 2.93. The molecule has 0 fully saturated rings. The summed E-state index contributed by atoms with van der Waals surface area (Å²) in [7, 11) is 0. The fourth-order valence-electron chi connectivity index (χ4n) is 2.93. The molecule has 1 N–H and O–H groups in total. The predicted molar refractivity (Wildman–Crippen MR) is 83.6 cm³/mol. The zero-order chi connectivity index (χ0) is 14.1. The third kappa shape index (κ3) is 2.09. The summed E-state index contributed by atoms with van der Waals surface area (Å²) in [6.45, 7) is 1.05. The molecule has 0 bridgehead atoms. The van der Waals surface area contributed by atoms with Crippen molar-refractivity contribution in [3.63, 3.8) is 0 Å². The van der Waals surface area contributed by atoms with Crippen molar-refractivity contribution in [3.05, 3.63) is 60.3 Å². The van der Waals surface area contributed by atoms with Gasteiger partial charge in [0.1, 0.15) is 0 Å². The Kier molecular flexibility index (Phi) is 2.92. The van der Waals surface area contributed by atoms with E-state index in [9.17, 15) is 0 Å². The normalized spacial score (nSPS) is 13.5. The molecule has 1 aliphatic heterocycles. The van der Waals surface area contributed by atoms with E-state index in [2.05, 4.69) is 33.8 Å². The van der Waals surface area contributed by atoms with Gasteiger partial charge in [-0.3, -0.25) is 0 Å². The molecule has 2 heterocycles. The van der Waals surface area contributed by atoms with Crippen LogP contribution in [0.25, 0.3) is 16.9 Å². The van der Waals surface area contributed by atoms with Gasteiger partial charge < -0.3 is 5.32 Å². The van der Waals surface area contributed by atoms with Crippen molar-refractivity contribution in [1.82, 2.24) is 15.0 Å². The molecule has 0 spiro atoms. The van der Waals surface area contributed by atoms with E-state index in [0.29, 0.717) is 0 Å². The fraction of sp³-hybridized carbons (Fsp3) is 0.176. The third-order valence-electron chi connectivity index (χ3n) is 3.92. The first-order valence-corrected chi connectivity index (χ1v) is 7.26. The minimum Gasteiger partial charge on any atom is -0.385 e. The lowest BCUT2D eigenvalue weighted by Crippen LogP contribution is -2.13. The van der Waals surface area contributed by atoms with E-state index in [4.69, 9.17) is 0 Å². The summed E-state index contributed by atoms with van der Waals surface area (Å²) in [5, 5.41) is 11.8. The highest BCUT2D eigenvalue weighted by Gasteiger charge is 2.17. The Morgan fingerprint density at radius 3 is 2.81 bits per heavy atom. The second-order valence-electron chi connectivity index (χ2n) is 5.23. The molecule has 104 valence electrons. The van der Waals surface area contributed by atoms with Gasteiger partial charge in [0.05, 0.1) is 17.6 Å². The first kappa shape index (κ1) is 12.1. The topological polar surface area (TPSA) is 42.7 Å². The van der Waals surface area contributed by atoms with E-state index >= 15 is 0 Å². The standard InChI is InChI=1S/C17H16N4/c1-2-6-13(7-3-1)21-17(12-19-20-21)15-8-4-10-16-14(15)9-5-11-18-16/h1-4,6-8,10,12,18H,5,9,11H2. The quantitative estimate of drug-likeness (QED) is 0.781. The molecule has 3 aromatic rings. The van der Waals surface area contributed by atoms with E-state index in [-0.39, 0.29) is 0 Å². The molecule has 4 heteroatoms. The van der Waals surface area contributed by atoms with Gasteiger partial charge in [-0.15, -0.1) is 5.10 Å². The number of benzene rings is 2. The van der Waals surface area contributed by atoms with Crippen molar-refractivity contribution in [1.29, 1.82) is 0 Å². The summed E-state index contributed by atoms with van der Waals surface area (Å²) in [6.07, 6.45) is 4.10. The van der Waals surface area contributed by atoms with Crippen LogP contribution in [-0.4, -0.2) is 21.5 Å². The number of hydrogen-bond donors (Lipinski definition) is 1. The molecule has 0 saturated heterocycles. The largest absolute Gasteiger partial charge is 0.385 e. The van der Waals surface area contributed by atoms with Gasteiger partial charge in [-0.25, -0.2) is 4.68 Å². The monoisotopic (exact) mass is 276 g/mol. The smallest absolute Gasteiger partial charge is 0.0947 e. The molecule has 1 aliphatic rings. The Labute approximate surface area is 123 Å². The zero-order valence-corrected chi connectivity index (χ0v) is 11.7. The maximum absolute atomic E-state index is 4.26. The zero-order valence-electron chi connectivity index (χ0n) is 11.7. The van der Waals surface area contributed by atoms with Gasteiger partial charge in [-0.05, 0) is 36.6 Å². The molecule has 0 unspecified atom stereocenters. The Hall–Kier alpha value is -2.62. The summed E-state index contributed by atoms with van der Waals surface area (Å²) in [4.78, 5) is 0. The third-order valence-corrected chi connectivity index (χ3v) is 3.92.